The molecule has 3 rings (SSSR count). The predicted octanol–water partition coefficient (Wildman–Crippen LogP) is 2.33. The van der Waals surface area contributed by atoms with Crippen LogP contribution in [0.1, 0.15) is 38.5 Å². The molecule has 0 spiro atoms. The molecule has 0 radical (unpaired) electrons. The zero-order valence-electron chi connectivity index (χ0n) is 16.7. The van der Waals surface area contributed by atoms with E-state index in [2.05, 4.69) is 32.3 Å². The molecule has 8 heteroatoms. The molecule has 1 unspecified atom stereocenters. The molecule has 1 saturated carbocycles. The summed E-state index contributed by atoms with van der Waals surface area (Å²) in [6.45, 7) is 6.76. The second kappa shape index (κ2) is 12.7. The molecule has 3 aliphatic rings. The van der Waals surface area contributed by atoms with E-state index in [-0.39, 0.29) is 24.0 Å². The minimum atomic E-state index is 0. The lowest BCUT2D eigenvalue weighted by atomic mass is 9.94. The highest BCUT2D eigenvalue weighted by Gasteiger charge is 2.39. The summed E-state index contributed by atoms with van der Waals surface area (Å²) < 4.78 is 11.2. The molecule has 2 N–H and O–H groups in total. The Labute approximate surface area is 186 Å². The SMILES string of the molecule is CN=C(NCCCOC1CCOC1)NCC1(N2CCSCC2)CCCC1.I. The van der Waals surface area contributed by atoms with E-state index in [1.54, 1.807) is 0 Å². The third-order valence-electron chi connectivity index (χ3n) is 5.88. The van der Waals surface area contributed by atoms with Gasteiger partial charge in [-0.1, -0.05) is 12.8 Å². The third kappa shape index (κ3) is 7.21. The van der Waals surface area contributed by atoms with Crippen molar-refractivity contribution in [1.82, 2.24) is 15.5 Å². The summed E-state index contributed by atoms with van der Waals surface area (Å²) in [5, 5.41) is 7.06. The van der Waals surface area contributed by atoms with Crippen LogP contribution in [0.2, 0.25) is 0 Å². The number of hydrogen-bond acceptors (Lipinski definition) is 5. The molecule has 0 aromatic heterocycles. The summed E-state index contributed by atoms with van der Waals surface area (Å²) in [5.41, 5.74) is 0.337. The van der Waals surface area contributed by atoms with E-state index < -0.39 is 0 Å². The van der Waals surface area contributed by atoms with Crippen LogP contribution in [0, 0.1) is 0 Å². The van der Waals surface area contributed by atoms with Gasteiger partial charge in [-0.3, -0.25) is 9.89 Å². The number of hydrogen-bond donors (Lipinski definition) is 2. The lowest BCUT2D eigenvalue weighted by molar-refractivity contribution is 0.0419. The average Bonchev–Trinajstić information content (AvgIpc) is 3.37. The van der Waals surface area contributed by atoms with Crippen LogP contribution in [0.15, 0.2) is 4.99 Å². The minimum Gasteiger partial charge on any atom is -0.379 e. The Morgan fingerprint density at radius 1 is 1.26 bits per heavy atom. The lowest BCUT2D eigenvalue weighted by Gasteiger charge is -2.43. The normalized spacial score (nSPS) is 26.0. The first-order valence-electron chi connectivity index (χ1n) is 10.3. The zero-order valence-corrected chi connectivity index (χ0v) is 19.9. The monoisotopic (exact) mass is 512 g/mol. The topological polar surface area (TPSA) is 58.1 Å². The number of nitrogens with one attached hydrogen (secondary N) is 2. The molecule has 2 saturated heterocycles. The number of guanidine groups is 1. The van der Waals surface area contributed by atoms with Gasteiger partial charge in [0.05, 0.1) is 12.7 Å². The van der Waals surface area contributed by atoms with E-state index in [1.807, 2.05) is 7.05 Å². The molecule has 158 valence electrons. The first-order valence-corrected chi connectivity index (χ1v) is 11.4. The summed E-state index contributed by atoms with van der Waals surface area (Å²) in [5.74, 6) is 3.48. The van der Waals surface area contributed by atoms with Crippen molar-refractivity contribution in [2.45, 2.75) is 50.2 Å². The maximum Gasteiger partial charge on any atom is 0.191 e. The van der Waals surface area contributed by atoms with Gasteiger partial charge in [0.25, 0.3) is 0 Å². The van der Waals surface area contributed by atoms with Crippen molar-refractivity contribution in [3.05, 3.63) is 0 Å². The highest BCUT2D eigenvalue weighted by atomic mass is 127. The Morgan fingerprint density at radius 2 is 2.04 bits per heavy atom. The molecule has 6 nitrogen and oxygen atoms in total. The highest BCUT2D eigenvalue weighted by Crippen LogP contribution is 2.36. The minimum absolute atomic E-state index is 0. The molecule has 3 fully saturated rings. The Kier molecular flexibility index (Phi) is 11.1. The van der Waals surface area contributed by atoms with Gasteiger partial charge < -0.3 is 20.1 Å². The fourth-order valence-corrected chi connectivity index (χ4v) is 5.22. The van der Waals surface area contributed by atoms with Gasteiger partial charge in [0.15, 0.2) is 5.96 Å². The molecule has 0 aromatic carbocycles. The fraction of sp³-hybridized carbons (Fsp3) is 0.947. The summed E-state index contributed by atoms with van der Waals surface area (Å²) in [4.78, 5) is 7.16. The summed E-state index contributed by atoms with van der Waals surface area (Å²) in [6, 6.07) is 0. The first kappa shape index (κ1) is 23.5. The smallest absolute Gasteiger partial charge is 0.191 e. The maximum absolute atomic E-state index is 5.82. The molecule has 0 aromatic rings. The van der Waals surface area contributed by atoms with E-state index in [0.29, 0.717) is 11.6 Å². The molecule has 1 aliphatic carbocycles. The Hall–Kier alpha value is 0.230. The van der Waals surface area contributed by atoms with Crippen LogP contribution in [0.4, 0.5) is 0 Å². The molecule has 2 aliphatic heterocycles. The quantitative estimate of drug-likeness (QED) is 0.226. The second-order valence-electron chi connectivity index (χ2n) is 7.59. The van der Waals surface area contributed by atoms with Crippen LogP contribution in [0.5, 0.6) is 0 Å². The number of rotatable bonds is 8. The van der Waals surface area contributed by atoms with Crippen molar-refractivity contribution in [1.29, 1.82) is 0 Å². The molecule has 2 heterocycles. The van der Waals surface area contributed by atoms with E-state index in [1.165, 1.54) is 50.3 Å². The van der Waals surface area contributed by atoms with Crippen LogP contribution in [-0.4, -0.2) is 87.1 Å². The van der Waals surface area contributed by atoms with Crippen molar-refractivity contribution >= 4 is 41.7 Å². The van der Waals surface area contributed by atoms with Crippen molar-refractivity contribution < 1.29 is 9.47 Å². The second-order valence-corrected chi connectivity index (χ2v) is 8.82. The van der Waals surface area contributed by atoms with Gasteiger partial charge in [-0.15, -0.1) is 24.0 Å². The number of ether oxygens (including phenoxy) is 2. The standard InChI is InChI=1S/C19H36N4O2S.HI/c1-20-18(21-8-4-11-25-17-5-12-24-15-17)22-16-19(6-2-3-7-19)23-9-13-26-14-10-23;/h17H,2-16H2,1H3,(H2,20,21,22);1H. The number of nitrogens with zero attached hydrogens (tertiary/aromatic N) is 2. The van der Waals surface area contributed by atoms with Gasteiger partial charge >= 0.3 is 0 Å². The molecule has 1 atom stereocenters. The van der Waals surface area contributed by atoms with E-state index in [0.717, 1.165) is 51.7 Å². The van der Waals surface area contributed by atoms with E-state index in [4.69, 9.17) is 9.47 Å². The van der Waals surface area contributed by atoms with E-state index >= 15 is 0 Å². The third-order valence-corrected chi connectivity index (χ3v) is 6.82. The van der Waals surface area contributed by atoms with Crippen LogP contribution in [0.3, 0.4) is 0 Å². The highest BCUT2D eigenvalue weighted by molar-refractivity contribution is 14.0. The van der Waals surface area contributed by atoms with Crippen LogP contribution in [0.25, 0.3) is 0 Å². The predicted molar refractivity (Wildman–Crippen MR) is 125 cm³/mol. The van der Waals surface area contributed by atoms with Crippen LogP contribution >= 0.6 is 35.7 Å². The Bertz CT molecular complexity index is 437. The molecular formula is C19H37IN4O2S. The van der Waals surface area contributed by atoms with Gasteiger partial charge in [-0.25, -0.2) is 0 Å². The molecular weight excluding hydrogens is 475 g/mol. The van der Waals surface area contributed by atoms with Gasteiger partial charge in [0.1, 0.15) is 0 Å². The summed E-state index contributed by atoms with van der Waals surface area (Å²) in [7, 11) is 1.86. The van der Waals surface area contributed by atoms with Crippen molar-refractivity contribution in [3.63, 3.8) is 0 Å². The molecule has 0 amide bonds. The average molecular weight is 513 g/mol. The molecule has 27 heavy (non-hydrogen) atoms. The van der Waals surface area contributed by atoms with Crippen LogP contribution < -0.4 is 10.6 Å². The summed E-state index contributed by atoms with van der Waals surface area (Å²) in [6.07, 6.45) is 7.69. The van der Waals surface area contributed by atoms with Crippen molar-refractivity contribution in [2.24, 2.45) is 4.99 Å². The Balaban J connectivity index is 0.00000261. The molecule has 0 bridgehead atoms. The summed E-state index contributed by atoms with van der Waals surface area (Å²) >= 11 is 2.09. The zero-order chi connectivity index (χ0) is 18.1. The first-order chi connectivity index (χ1) is 12.8. The van der Waals surface area contributed by atoms with Crippen molar-refractivity contribution in [3.8, 4) is 0 Å². The van der Waals surface area contributed by atoms with Gasteiger partial charge in [-0.2, -0.15) is 11.8 Å². The largest absolute Gasteiger partial charge is 0.379 e. The van der Waals surface area contributed by atoms with Crippen LogP contribution in [-0.2, 0) is 9.47 Å². The Morgan fingerprint density at radius 3 is 2.70 bits per heavy atom. The van der Waals surface area contributed by atoms with Gasteiger partial charge in [0, 0.05) is 63.5 Å². The number of halogens is 1. The van der Waals surface area contributed by atoms with Crippen molar-refractivity contribution in [2.75, 3.05) is 64.6 Å². The fourth-order valence-electron chi connectivity index (χ4n) is 4.32. The van der Waals surface area contributed by atoms with Gasteiger partial charge in [0.2, 0.25) is 0 Å². The lowest BCUT2D eigenvalue weighted by Crippen LogP contribution is -2.57. The van der Waals surface area contributed by atoms with Gasteiger partial charge in [-0.05, 0) is 25.7 Å². The van der Waals surface area contributed by atoms with E-state index in [9.17, 15) is 0 Å². The number of thioether (sulfide) groups is 1. The maximum atomic E-state index is 5.82. The number of aliphatic imine (C=N–C) groups is 1.